The Morgan fingerprint density at radius 2 is 1.80 bits per heavy atom. The average molecular weight is 340 g/mol. The topological polar surface area (TPSA) is 50.8 Å². The van der Waals surface area contributed by atoms with E-state index in [-0.39, 0.29) is 12.1 Å². The van der Waals surface area contributed by atoms with Gasteiger partial charge in [-0.1, -0.05) is 24.3 Å². The number of benzene rings is 2. The fourth-order valence-corrected chi connectivity index (χ4v) is 3.37. The molecule has 0 bridgehead atoms. The van der Waals surface area contributed by atoms with Gasteiger partial charge in [0, 0.05) is 30.4 Å². The summed E-state index contributed by atoms with van der Waals surface area (Å²) in [6, 6.07) is 13.6. The van der Waals surface area contributed by atoms with Crippen molar-refractivity contribution in [1.29, 1.82) is 0 Å². The van der Waals surface area contributed by atoms with Crippen molar-refractivity contribution >= 4 is 11.7 Å². The molecule has 0 saturated carbocycles. The van der Waals surface area contributed by atoms with Crippen LogP contribution in [0, 0.1) is 6.92 Å². The molecule has 2 aromatic carbocycles. The molecule has 0 spiro atoms. The number of rotatable bonds is 4. The third kappa shape index (κ3) is 3.71. The second kappa shape index (κ2) is 7.47. The van der Waals surface area contributed by atoms with E-state index in [0.717, 1.165) is 19.4 Å². The van der Waals surface area contributed by atoms with Gasteiger partial charge in [-0.2, -0.15) is 0 Å². The second-order valence-corrected chi connectivity index (χ2v) is 6.24. The van der Waals surface area contributed by atoms with Gasteiger partial charge in [0.1, 0.15) is 11.5 Å². The van der Waals surface area contributed by atoms with Crippen LogP contribution in [0.2, 0.25) is 0 Å². The van der Waals surface area contributed by atoms with Crippen molar-refractivity contribution in [2.24, 2.45) is 0 Å². The summed E-state index contributed by atoms with van der Waals surface area (Å²) in [5, 5.41) is 2.98. The maximum atomic E-state index is 12.8. The third-order valence-electron chi connectivity index (χ3n) is 4.66. The van der Waals surface area contributed by atoms with Gasteiger partial charge in [-0.15, -0.1) is 0 Å². The molecule has 132 valence electrons. The molecule has 1 fully saturated rings. The van der Waals surface area contributed by atoms with E-state index >= 15 is 0 Å². The predicted molar refractivity (Wildman–Crippen MR) is 98.4 cm³/mol. The fraction of sp³-hybridized carbons (Fsp3) is 0.350. The number of anilines is 1. The lowest BCUT2D eigenvalue weighted by atomic mass is 9.99. The van der Waals surface area contributed by atoms with Crippen molar-refractivity contribution in [3.05, 3.63) is 53.6 Å². The van der Waals surface area contributed by atoms with Gasteiger partial charge in [-0.25, -0.2) is 4.79 Å². The number of amides is 2. The molecule has 1 aliphatic heterocycles. The van der Waals surface area contributed by atoms with Gasteiger partial charge in [0.25, 0.3) is 0 Å². The summed E-state index contributed by atoms with van der Waals surface area (Å²) >= 11 is 0. The summed E-state index contributed by atoms with van der Waals surface area (Å²) in [6.45, 7) is 2.85. The van der Waals surface area contributed by atoms with Gasteiger partial charge in [0.15, 0.2) is 0 Å². The van der Waals surface area contributed by atoms with E-state index in [2.05, 4.69) is 24.4 Å². The number of hydrogen-bond donors (Lipinski definition) is 1. The van der Waals surface area contributed by atoms with Gasteiger partial charge in [-0.3, -0.25) is 0 Å². The van der Waals surface area contributed by atoms with E-state index in [0.29, 0.717) is 17.2 Å². The first-order chi connectivity index (χ1) is 12.1. The highest BCUT2D eigenvalue weighted by atomic mass is 16.5. The van der Waals surface area contributed by atoms with Gasteiger partial charge < -0.3 is 19.7 Å². The van der Waals surface area contributed by atoms with E-state index in [4.69, 9.17) is 9.47 Å². The number of carbonyl (C=O) groups excluding carboxylic acids is 1. The van der Waals surface area contributed by atoms with Crippen molar-refractivity contribution in [3.8, 4) is 11.5 Å². The molecule has 1 N–H and O–H groups in total. The van der Waals surface area contributed by atoms with E-state index < -0.39 is 0 Å². The van der Waals surface area contributed by atoms with Gasteiger partial charge in [0.05, 0.1) is 20.3 Å². The molecule has 1 saturated heterocycles. The number of carbonyl (C=O) groups is 1. The van der Waals surface area contributed by atoms with E-state index in [1.165, 1.54) is 11.1 Å². The molecule has 1 unspecified atom stereocenters. The molecular weight excluding hydrogens is 316 g/mol. The lowest BCUT2D eigenvalue weighted by molar-refractivity contribution is 0.207. The van der Waals surface area contributed by atoms with Crippen LogP contribution in [0.4, 0.5) is 10.5 Å². The second-order valence-electron chi connectivity index (χ2n) is 6.24. The molecule has 1 aliphatic rings. The van der Waals surface area contributed by atoms with E-state index in [1.807, 2.05) is 17.0 Å². The lowest BCUT2D eigenvalue weighted by Gasteiger charge is -2.26. The summed E-state index contributed by atoms with van der Waals surface area (Å²) < 4.78 is 10.5. The maximum Gasteiger partial charge on any atom is 0.322 e. The number of aryl methyl sites for hydroxylation is 1. The molecule has 25 heavy (non-hydrogen) atoms. The minimum absolute atomic E-state index is 0.0962. The summed E-state index contributed by atoms with van der Waals surface area (Å²) in [4.78, 5) is 14.8. The van der Waals surface area contributed by atoms with Crippen LogP contribution in [0.15, 0.2) is 42.5 Å². The predicted octanol–water partition coefficient (Wildman–Crippen LogP) is 4.38. The molecule has 2 aromatic rings. The van der Waals surface area contributed by atoms with Crippen LogP contribution in [0.1, 0.15) is 30.0 Å². The number of methoxy groups -OCH3 is 2. The van der Waals surface area contributed by atoms with Crippen molar-refractivity contribution in [3.63, 3.8) is 0 Å². The first kappa shape index (κ1) is 17.1. The van der Waals surface area contributed by atoms with Crippen LogP contribution in [-0.2, 0) is 0 Å². The molecule has 5 nitrogen and oxygen atoms in total. The molecule has 5 heteroatoms. The Labute approximate surface area is 148 Å². The number of nitrogens with one attached hydrogen (secondary N) is 1. The number of nitrogens with zero attached hydrogens (tertiary/aromatic N) is 1. The molecule has 2 amide bonds. The molecule has 1 heterocycles. The highest BCUT2D eigenvalue weighted by Crippen LogP contribution is 2.34. The first-order valence-corrected chi connectivity index (χ1v) is 8.48. The van der Waals surface area contributed by atoms with E-state index in [1.54, 1.807) is 32.4 Å². The summed E-state index contributed by atoms with van der Waals surface area (Å²) in [5.41, 5.74) is 3.10. The molecule has 1 atom stereocenters. The van der Waals surface area contributed by atoms with Crippen LogP contribution in [-0.4, -0.2) is 31.7 Å². The number of likely N-dealkylation sites (tertiary alicyclic amines) is 1. The van der Waals surface area contributed by atoms with Crippen LogP contribution in [0.5, 0.6) is 11.5 Å². The summed E-state index contributed by atoms with van der Waals surface area (Å²) in [5.74, 6) is 1.29. The van der Waals surface area contributed by atoms with Crippen LogP contribution < -0.4 is 14.8 Å². The molecule has 0 aliphatic carbocycles. The van der Waals surface area contributed by atoms with Gasteiger partial charge in [0.2, 0.25) is 0 Å². The Kier molecular flexibility index (Phi) is 5.12. The Morgan fingerprint density at radius 3 is 2.44 bits per heavy atom. The molecule has 0 aromatic heterocycles. The number of hydrogen-bond acceptors (Lipinski definition) is 3. The normalized spacial score (nSPS) is 16.6. The summed E-state index contributed by atoms with van der Waals surface area (Å²) in [7, 11) is 3.18. The molecular formula is C20H24N2O3. The minimum Gasteiger partial charge on any atom is -0.497 e. The van der Waals surface area contributed by atoms with Crippen molar-refractivity contribution in [2.75, 3.05) is 26.1 Å². The standard InChI is InChI=1S/C20H24N2O3/c1-14-7-4-5-8-18(14)19-9-6-10-22(19)20(23)21-15-11-16(24-2)13-17(12-15)25-3/h4-5,7-8,11-13,19H,6,9-10H2,1-3H3,(H,21,23). The van der Waals surface area contributed by atoms with Crippen LogP contribution in [0.25, 0.3) is 0 Å². The SMILES string of the molecule is COc1cc(NC(=O)N2CCCC2c2ccccc2C)cc(OC)c1. The van der Waals surface area contributed by atoms with Crippen LogP contribution >= 0.6 is 0 Å². The van der Waals surface area contributed by atoms with Crippen molar-refractivity contribution in [2.45, 2.75) is 25.8 Å². The highest BCUT2D eigenvalue weighted by Gasteiger charge is 2.30. The minimum atomic E-state index is -0.0962. The Balaban J connectivity index is 1.80. The molecule has 3 rings (SSSR count). The van der Waals surface area contributed by atoms with Gasteiger partial charge in [-0.05, 0) is 30.9 Å². The lowest BCUT2D eigenvalue weighted by Crippen LogP contribution is -2.34. The largest absolute Gasteiger partial charge is 0.497 e. The quantitative estimate of drug-likeness (QED) is 0.898. The average Bonchev–Trinajstić information content (AvgIpc) is 3.11. The third-order valence-corrected chi connectivity index (χ3v) is 4.66. The monoisotopic (exact) mass is 340 g/mol. The zero-order valence-electron chi connectivity index (χ0n) is 14.9. The smallest absolute Gasteiger partial charge is 0.322 e. The number of ether oxygens (including phenoxy) is 2. The van der Waals surface area contributed by atoms with Crippen molar-refractivity contribution in [1.82, 2.24) is 4.90 Å². The molecule has 0 radical (unpaired) electrons. The maximum absolute atomic E-state index is 12.8. The Morgan fingerprint density at radius 1 is 1.12 bits per heavy atom. The number of urea groups is 1. The highest BCUT2D eigenvalue weighted by molar-refractivity contribution is 5.90. The van der Waals surface area contributed by atoms with Crippen molar-refractivity contribution < 1.29 is 14.3 Å². The Hall–Kier alpha value is -2.69. The van der Waals surface area contributed by atoms with E-state index in [9.17, 15) is 4.79 Å². The van der Waals surface area contributed by atoms with Gasteiger partial charge >= 0.3 is 6.03 Å². The zero-order valence-corrected chi connectivity index (χ0v) is 14.9. The first-order valence-electron chi connectivity index (χ1n) is 8.48. The fourth-order valence-electron chi connectivity index (χ4n) is 3.37. The van der Waals surface area contributed by atoms with Crippen LogP contribution in [0.3, 0.4) is 0 Å². The zero-order chi connectivity index (χ0) is 17.8. The Bertz CT molecular complexity index is 738. The summed E-state index contributed by atoms with van der Waals surface area (Å²) in [6.07, 6.45) is 1.99.